The van der Waals surface area contributed by atoms with Crippen molar-refractivity contribution in [1.82, 2.24) is 10.5 Å². The Balaban J connectivity index is 2.05. The number of nitrogens with one attached hydrogen (secondary N) is 1. The van der Waals surface area contributed by atoms with Crippen molar-refractivity contribution in [2.24, 2.45) is 0 Å². The average Bonchev–Trinajstić information content (AvgIpc) is 2.88. The van der Waals surface area contributed by atoms with E-state index in [9.17, 15) is 4.39 Å². The predicted molar refractivity (Wildman–Crippen MR) is 69.2 cm³/mol. The van der Waals surface area contributed by atoms with E-state index in [0.29, 0.717) is 24.1 Å². The molecular weight excluding hydrogens is 247 g/mol. The molecule has 0 atom stereocenters. The summed E-state index contributed by atoms with van der Waals surface area (Å²) >= 11 is 0. The molecular formula is C14H17FN2O2. The minimum Gasteiger partial charge on any atom is -0.485 e. The number of halogens is 1. The summed E-state index contributed by atoms with van der Waals surface area (Å²) in [5, 5.41) is 6.84. The molecule has 0 aliphatic rings. The van der Waals surface area contributed by atoms with Crippen molar-refractivity contribution in [3.05, 3.63) is 47.6 Å². The van der Waals surface area contributed by atoms with Crippen LogP contribution in [0.2, 0.25) is 0 Å². The first-order valence-electron chi connectivity index (χ1n) is 6.19. The van der Waals surface area contributed by atoms with Crippen LogP contribution >= 0.6 is 0 Å². The molecule has 0 bridgehead atoms. The summed E-state index contributed by atoms with van der Waals surface area (Å²) in [7, 11) is 0. The summed E-state index contributed by atoms with van der Waals surface area (Å²) in [6.07, 6.45) is 1.56. The fourth-order valence-electron chi connectivity index (χ4n) is 1.61. The molecule has 102 valence electrons. The van der Waals surface area contributed by atoms with Gasteiger partial charge in [-0.05, 0) is 18.2 Å². The van der Waals surface area contributed by atoms with Crippen LogP contribution in [-0.4, -0.2) is 11.2 Å². The van der Waals surface area contributed by atoms with Gasteiger partial charge in [-0.1, -0.05) is 19.0 Å². The summed E-state index contributed by atoms with van der Waals surface area (Å²) in [6.45, 7) is 4.91. The lowest BCUT2D eigenvalue weighted by Gasteiger charge is -2.13. The van der Waals surface area contributed by atoms with Gasteiger partial charge in [0, 0.05) is 24.2 Å². The van der Waals surface area contributed by atoms with Crippen LogP contribution in [0.4, 0.5) is 4.39 Å². The maximum Gasteiger partial charge on any atom is 0.174 e. The van der Waals surface area contributed by atoms with E-state index >= 15 is 0 Å². The van der Waals surface area contributed by atoms with Crippen LogP contribution in [0.15, 0.2) is 35.0 Å². The van der Waals surface area contributed by atoms with Crippen LogP contribution in [-0.2, 0) is 13.2 Å². The highest BCUT2D eigenvalue weighted by Crippen LogP contribution is 2.21. The Hall–Kier alpha value is -1.88. The molecule has 1 aromatic heterocycles. The molecule has 1 N–H and O–H groups in total. The number of aromatic nitrogens is 1. The second-order valence-corrected chi connectivity index (χ2v) is 4.56. The number of nitrogens with zero attached hydrogens (tertiary/aromatic N) is 1. The zero-order valence-corrected chi connectivity index (χ0v) is 11.0. The zero-order valence-electron chi connectivity index (χ0n) is 11.0. The minimum absolute atomic E-state index is 0.271. The molecule has 0 aliphatic heterocycles. The van der Waals surface area contributed by atoms with E-state index in [1.54, 1.807) is 18.3 Å². The van der Waals surface area contributed by atoms with Gasteiger partial charge in [0.1, 0.15) is 18.2 Å². The Morgan fingerprint density at radius 3 is 2.89 bits per heavy atom. The largest absolute Gasteiger partial charge is 0.485 e. The molecule has 0 fully saturated rings. The van der Waals surface area contributed by atoms with E-state index in [1.165, 1.54) is 12.1 Å². The zero-order chi connectivity index (χ0) is 13.7. The van der Waals surface area contributed by atoms with Gasteiger partial charge >= 0.3 is 0 Å². The number of ether oxygens (including phenoxy) is 1. The second kappa shape index (κ2) is 6.33. The molecule has 0 amide bonds. The highest BCUT2D eigenvalue weighted by atomic mass is 19.1. The van der Waals surface area contributed by atoms with Crippen LogP contribution in [0, 0.1) is 5.82 Å². The van der Waals surface area contributed by atoms with Crippen LogP contribution in [0.1, 0.15) is 25.2 Å². The minimum atomic E-state index is -0.271. The molecule has 1 aromatic carbocycles. The van der Waals surface area contributed by atoms with Crippen molar-refractivity contribution >= 4 is 0 Å². The third-order valence-electron chi connectivity index (χ3n) is 2.58. The first-order chi connectivity index (χ1) is 9.15. The summed E-state index contributed by atoms with van der Waals surface area (Å²) in [5.74, 6) is 1.01. The molecule has 0 saturated heterocycles. The van der Waals surface area contributed by atoms with E-state index in [0.717, 1.165) is 5.56 Å². The van der Waals surface area contributed by atoms with Crippen molar-refractivity contribution < 1.29 is 13.7 Å². The van der Waals surface area contributed by atoms with Gasteiger partial charge in [-0.2, -0.15) is 0 Å². The van der Waals surface area contributed by atoms with E-state index < -0.39 is 0 Å². The second-order valence-electron chi connectivity index (χ2n) is 4.56. The topological polar surface area (TPSA) is 47.3 Å². The van der Waals surface area contributed by atoms with Crippen LogP contribution in [0.25, 0.3) is 0 Å². The normalized spacial score (nSPS) is 10.9. The Morgan fingerprint density at radius 2 is 2.21 bits per heavy atom. The van der Waals surface area contributed by atoms with Crippen LogP contribution in [0.5, 0.6) is 5.75 Å². The standard InChI is InChI=1S/C14H17FN2O2/c1-10(2)16-8-11-7-12(15)3-4-14(11)18-9-13-5-6-17-19-13/h3-7,10,16H,8-9H2,1-2H3. The Kier molecular flexibility index (Phi) is 4.52. The van der Waals surface area contributed by atoms with Crippen molar-refractivity contribution in [2.45, 2.75) is 33.0 Å². The van der Waals surface area contributed by atoms with E-state index in [1.807, 2.05) is 13.8 Å². The van der Waals surface area contributed by atoms with Gasteiger partial charge in [0.25, 0.3) is 0 Å². The Labute approximate surface area is 111 Å². The summed E-state index contributed by atoms with van der Waals surface area (Å²) in [4.78, 5) is 0. The third kappa shape index (κ3) is 4.06. The molecule has 4 nitrogen and oxygen atoms in total. The van der Waals surface area contributed by atoms with Gasteiger partial charge in [0.15, 0.2) is 5.76 Å². The van der Waals surface area contributed by atoms with Gasteiger partial charge in [0.2, 0.25) is 0 Å². The first kappa shape index (κ1) is 13.5. The van der Waals surface area contributed by atoms with E-state index in [-0.39, 0.29) is 12.4 Å². The van der Waals surface area contributed by atoms with Crippen molar-refractivity contribution in [3.63, 3.8) is 0 Å². The number of hydrogen-bond donors (Lipinski definition) is 1. The number of hydrogen-bond acceptors (Lipinski definition) is 4. The molecule has 1 heterocycles. The monoisotopic (exact) mass is 264 g/mol. The molecule has 2 rings (SSSR count). The summed E-state index contributed by atoms with van der Waals surface area (Å²) in [5.41, 5.74) is 0.785. The highest BCUT2D eigenvalue weighted by Gasteiger charge is 2.07. The number of benzene rings is 1. The Bertz CT molecular complexity index is 512. The van der Waals surface area contributed by atoms with Gasteiger partial charge in [-0.3, -0.25) is 0 Å². The van der Waals surface area contributed by atoms with Crippen molar-refractivity contribution in [2.75, 3.05) is 0 Å². The maximum atomic E-state index is 13.3. The smallest absolute Gasteiger partial charge is 0.174 e. The first-order valence-corrected chi connectivity index (χ1v) is 6.19. The lowest BCUT2D eigenvalue weighted by atomic mass is 10.2. The fraction of sp³-hybridized carbons (Fsp3) is 0.357. The predicted octanol–water partition coefficient (Wildman–Crippen LogP) is 2.89. The molecule has 5 heteroatoms. The van der Waals surface area contributed by atoms with Crippen molar-refractivity contribution in [3.8, 4) is 5.75 Å². The Morgan fingerprint density at radius 1 is 1.37 bits per heavy atom. The van der Waals surface area contributed by atoms with Crippen molar-refractivity contribution in [1.29, 1.82) is 0 Å². The van der Waals surface area contributed by atoms with Gasteiger partial charge in [-0.15, -0.1) is 0 Å². The van der Waals surface area contributed by atoms with Gasteiger partial charge in [-0.25, -0.2) is 4.39 Å². The molecule has 0 radical (unpaired) electrons. The van der Waals surface area contributed by atoms with Gasteiger partial charge < -0.3 is 14.6 Å². The van der Waals surface area contributed by atoms with E-state index in [4.69, 9.17) is 9.26 Å². The van der Waals surface area contributed by atoms with Gasteiger partial charge in [0.05, 0.1) is 6.20 Å². The quantitative estimate of drug-likeness (QED) is 0.871. The molecule has 2 aromatic rings. The average molecular weight is 264 g/mol. The molecule has 0 aliphatic carbocycles. The van der Waals surface area contributed by atoms with Crippen LogP contribution < -0.4 is 10.1 Å². The number of rotatable bonds is 6. The third-order valence-corrected chi connectivity index (χ3v) is 2.58. The molecule has 0 unspecified atom stereocenters. The lowest BCUT2D eigenvalue weighted by molar-refractivity contribution is 0.246. The molecule has 19 heavy (non-hydrogen) atoms. The van der Waals surface area contributed by atoms with E-state index in [2.05, 4.69) is 10.5 Å². The molecule has 0 spiro atoms. The highest BCUT2D eigenvalue weighted by molar-refractivity contribution is 5.34. The molecule has 0 saturated carbocycles. The maximum absolute atomic E-state index is 13.3. The SMILES string of the molecule is CC(C)NCc1cc(F)ccc1OCc1ccno1. The lowest BCUT2D eigenvalue weighted by Crippen LogP contribution is -2.22. The summed E-state index contributed by atoms with van der Waals surface area (Å²) < 4.78 is 23.9. The van der Waals surface area contributed by atoms with Crippen LogP contribution in [0.3, 0.4) is 0 Å². The fourth-order valence-corrected chi connectivity index (χ4v) is 1.61. The summed E-state index contributed by atoms with van der Waals surface area (Å²) in [6, 6.07) is 6.54.